The molecule has 31 heavy (non-hydrogen) atoms. The molecule has 5 rings (SSSR count). The Labute approximate surface area is 190 Å². The van der Waals surface area contributed by atoms with Crippen LogP contribution in [0.2, 0.25) is 0 Å². The van der Waals surface area contributed by atoms with Gasteiger partial charge in [0.05, 0.1) is 5.60 Å². The fraction of sp³-hybridized carbons (Fsp3) is 0.333. The van der Waals surface area contributed by atoms with Gasteiger partial charge in [-0.1, -0.05) is 73.7 Å². The molecule has 0 spiro atoms. The summed E-state index contributed by atoms with van der Waals surface area (Å²) in [7, 11) is 0. The highest BCUT2D eigenvalue weighted by Gasteiger charge is 2.34. The molecule has 1 aliphatic heterocycles. The smallest absolute Gasteiger partial charge is 0.0920 e. The minimum Gasteiger partial charge on any atom is -0.385 e. The Morgan fingerprint density at radius 3 is 1.87 bits per heavy atom. The quantitative estimate of drug-likeness (QED) is 0.427. The Balaban J connectivity index is 0.00000231. The van der Waals surface area contributed by atoms with Crippen molar-refractivity contribution in [2.45, 2.75) is 31.9 Å². The predicted octanol–water partition coefficient (Wildman–Crippen LogP) is 5.84. The fourth-order valence-corrected chi connectivity index (χ4v) is 5.15. The zero-order chi connectivity index (χ0) is 20.6. The van der Waals surface area contributed by atoms with Crippen LogP contribution in [0, 0.1) is 5.92 Å². The maximum Gasteiger partial charge on any atom is 0.0920 e. The number of hydrogen-bond donors (Lipinski definition) is 1. The lowest BCUT2D eigenvalue weighted by Gasteiger charge is -2.39. The molecular formula is C27H31ClN2O. The molecule has 0 saturated carbocycles. The van der Waals surface area contributed by atoms with E-state index in [9.17, 15) is 5.11 Å². The number of aromatic nitrogens is 1. The lowest BCUT2D eigenvalue weighted by Crippen LogP contribution is -2.44. The number of fused-ring (bicyclic) bond motifs is 3. The van der Waals surface area contributed by atoms with Crippen LogP contribution in [0.1, 0.15) is 25.3 Å². The van der Waals surface area contributed by atoms with Crippen molar-refractivity contribution in [2.24, 2.45) is 5.92 Å². The van der Waals surface area contributed by atoms with Crippen molar-refractivity contribution in [1.29, 1.82) is 0 Å². The second-order valence-corrected chi connectivity index (χ2v) is 8.95. The van der Waals surface area contributed by atoms with Crippen LogP contribution in [0.3, 0.4) is 0 Å². The van der Waals surface area contributed by atoms with Gasteiger partial charge >= 0.3 is 0 Å². The van der Waals surface area contributed by atoms with Gasteiger partial charge in [0, 0.05) is 48.0 Å². The standard InChI is InChI=1S/C27H30N2O.ClH/c1-21(19-28-17-15-27(30,16-18-28)22-9-3-2-4-10-22)20-29-25-13-7-5-11-23(25)24-12-6-8-14-26(24)29;/h2-14,21,30H,15-20H2,1H3;1H/t21-;/m1./s1. The first-order valence-corrected chi connectivity index (χ1v) is 11.1. The zero-order valence-corrected chi connectivity index (χ0v) is 18.9. The second-order valence-electron chi connectivity index (χ2n) is 8.95. The third-order valence-electron chi connectivity index (χ3n) is 6.74. The van der Waals surface area contributed by atoms with Crippen molar-refractivity contribution in [2.75, 3.05) is 19.6 Å². The molecular weight excluding hydrogens is 404 g/mol. The molecule has 3 nitrogen and oxygen atoms in total. The largest absolute Gasteiger partial charge is 0.385 e. The average molecular weight is 435 g/mol. The van der Waals surface area contributed by atoms with Crippen LogP contribution in [-0.4, -0.2) is 34.2 Å². The third-order valence-corrected chi connectivity index (χ3v) is 6.74. The van der Waals surface area contributed by atoms with Gasteiger partial charge in [-0.15, -0.1) is 12.4 Å². The van der Waals surface area contributed by atoms with Crippen LogP contribution < -0.4 is 0 Å². The minimum atomic E-state index is -0.673. The SMILES string of the molecule is C[C@H](CN1CCC(O)(c2ccccc2)CC1)Cn1c2ccccc2c2ccccc21.Cl. The summed E-state index contributed by atoms with van der Waals surface area (Å²) in [6, 6.07) is 27.6. The van der Waals surface area contributed by atoms with E-state index in [2.05, 4.69) is 77.1 Å². The summed E-state index contributed by atoms with van der Waals surface area (Å²) in [5.41, 5.74) is 3.03. The molecule has 1 fully saturated rings. The van der Waals surface area contributed by atoms with Crippen LogP contribution in [0.15, 0.2) is 78.9 Å². The summed E-state index contributed by atoms with van der Waals surface area (Å²) in [5.74, 6) is 0.534. The summed E-state index contributed by atoms with van der Waals surface area (Å²) in [5, 5.41) is 13.8. The molecule has 3 aromatic carbocycles. The van der Waals surface area contributed by atoms with Crippen LogP contribution in [-0.2, 0) is 12.1 Å². The average Bonchev–Trinajstić information content (AvgIpc) is 3.10. The van der Waals surface area contributed by atoms with E-state index in [1.807, 2.05) is 18.2 Å². The molecule has 0 unspecified atom stereocenters. The Morgan fingerprint density at radius 1 is 0.774 bits per heavy atom. The van der Waals surface area contributed by atoms with Crippen molar-refractivity contribution < 1.29 is 5.11 Å². The van der Waals surface area contributed by atoms with Gasteiger partial charge in [0.2, 0.25) is 0 Å². The highest BCUT2D eigenvalue weighted by atomic mass is 35.5. The monoisotopic (exact) mass is 434 g/mol. The van der Waals surface area contributed by atoms with Crippen LogP contribution in [0.25, 0.3) is 21.8 Å². The van der Waals surface area contributed by atoms with E-state index in [1.165, 1.54) is 21.8 Å². The molecule has 162 valence electrons. The molecule has 4 heteroatoms. The van der Waals surface area contributed by atoms with E-state index in [0.29, 0.717) is 5.92 Å². The van der Waals surface area contributed by atoms with E-state index < -0.39 is 5.60 Å². The van der Waals surface area contributed by atoms with Crippen LogP contribution in [0.5, 0.6) is 0 Å². The normalized spacial score (nSPS) is 17.5. The van der Waals surface area contributed by atoms with Gasteiger partial charge in [0.1, 0.15) is 0 Å². The summed E-state index contributed by atoms with van der Waals surface area (Å²) >= 11 is 0. The van der Waals surface area contributed by atoms with Gasteiger partial charge < -0.3 is 14.6 Å². The van der Waals surface area contributed by atoms with Gasteiger partial charge in [0.15, 0.2) is 0 Å². The van der Waals surface area contributed by atoms with Crippen molar-refractivity contribution >= 4 is 34.2 Å². The number of para-hydroxylation sites is 2. The molecule has 0 aliphatic carbocycles. The van der Waals surface area contributed by atoms with Gasteiger partial charge in [-0.3, -0.25) is 0 Å². The summed E-state index contributed by atoms with van der Waals surface area (Å²) in [4.78, 5) is 2.52. The molecule has 0 radical (unpaired) electrons. The zero-order valence-electron chi connectivity index (χ0n) is 18.1. The lowest BCUT2D eigenvalue weighted by molar-refractivity contribution is -0.0287. The maximum atomic E-state index is 11.1. The number of nitrogens with zero attached hydrogens (tertiary/aromatic N) is 2. The number of benzene rings is 3. The Morgan fingerprint density at radius 2 is 1.29 bits per heavy atom. The first-order chi connectivity index (χ1) is 14.6. The highest BCUT2D eigenvalue weighted by Crippen LogP contribution is 2.33. The Kier molecular flexibility index (Phi) is 6.38. The predicted molar refractivity (Wildman–Crippen MR) is 132 cm³/mol. The van der Waals surface area contributed by atoms with Gasteiger partial charge in [-0.05, 0) is 36.5 Å². The van der Waals surface area contributed by atoms with Crippen molar-refractivity contribution in [1.82, 2.24) is 9.47 Å². The first-order valence-electron chi connectivity index (χ1n) is 11.1. The number of aliphatic hydroxyl groups is 1. The number of halogens is 1. The second kappa shape index (κ2) is 9.04. The van der Waals surface area contributed by atoms with Gasteiger partial charge in [-0.25, -0.2) is 0 Å². The van der Waals surface area contributed by atoms with E-state index in [-0.39, 0.29) is 12.4 Å². The number of hydrogen-bond acceptors (Lipinski definition) is 2. The molecule has 0 amide bonds. The van der Waals surface area contributed by atoms with E-state index in [0.717, 1.165) is 44.6 Å². The van der Waals surface area contributed by atoms with Crippen molar-refractivity contribution in [3.05, 3.63) is 84.4 Å². The molecule has 1 aliphatic rings. The van der Waals surface area contributed by atoms with Crippen molar-refractivity contribution in [3.8, 4) is 0 Å². The summed E-state index contributed by atoms with van der Waals surface area (Å²) in [6.45, 7) is 6.31. The molecule has 1 N–H and O–H groups in total. The molecule has 4 aromatic rings. The van der Waals surface area contributed by atoms with Crippen LogP contribution >= 0.6 is 12.4 Å². The van der Waals surface area contributed by atoms with E-state index in [1.54, 1.807) is 0 Å². The first kappa shape index (κ1) is 21.9. The number of rotatable bonds is 5. The molecule has 2 heterocycles. The minimum absolute atomic E-state index is 0. The number of likely N-dealkylation sites (tertiary alicyclic amines) is 1. The molecule has 0 bridgehead atoms. The number of piperidine rings is 1. The fourth-order valence-electron chi connectivity index (χ4n) is 5.15. The maximum absolute atomic E-state index is 11.1. The highest BCUT2D eigenvalue weighted by molar-refractivity contribution is 6.07. The lowest BCUT2D eigenvalue weighted by atomic mass is 9.84. The topological polar surface area (TPSA) is 28.4 Å². The van der Waals surface area contributed by atoms with E-state index >= 15 is 0 Å². The van der Waals surface area contributed by atoms with Gasteiger partial charge in [-0.2, -0.15) is 0 Å². The van der Waals surface area contributed by atoms with Crippen LogP contribution in [0.4, 0.5) is 0 Å². The summed E-state index contributed by atoms with van der Waals surface area (Å²) in [6.07, 6.45) is 1.61. The van der Waals surface area contributed by atoms with Gasteiger partial charge in [0.25, 0.3) is 0 Å². The molecule has 1 atom stereocenters. The summed E-state index contributed by atoms with van der Waals surface area (Å²) < 4.78 is 2.49. The Hall–Kier alpha value is -2.33. The van der Waals surface area contributed by atoms with Crippen molar-refractivity contribution in [3.63, 3.8) is 0 Å². The molecule has 1 aromatic heterocycles. The molecule has 1 saturated heterocycles. The van der Waals surface area contributed by atoms with E-state index in [4.69, 9.17) is 0 Å². The Bertz CT molecular complexity index is 1090. The third kappa shape index (κ3) is 4.23.